The number of hydrogen-bond donors (Lipinski definition) is 2. The van der Waals surface area contributed by atoms with Crippen LogP contribution in [0.3, 0.4) is 0 Å². The van der Waals surface area contributed by atoms with Crippen molar-refractivity contribution in [3.8, 4) is 17.0 Å². The fraction of sp³-hybridized carbons (Fsp3) is 0.304. The van der Waals surface area contributed by atoms with Crippen LogP contribution in [0.5, 0.6) is 5.88 Å². The van der Waals surface area contributed by atoms with Gasteiger partial charge in [-0.1, -0.05) is 36.4 Å². The molecule has 0 amide bonds. The predicted molar refractivity (Wildman–Crippen MR) is 111 cm³/mol. The zero-order valence-corrected chi connectivity index (χ0v) is 15.9. The highest BCUT2D eigenvalue weighted by molar-refractivity contribution is 6.00. The van der Waals surface area contributed by atoms with Crippen molar-refractivity contribution in [3.63, 3.8) is 0 Å². The molecule has 4 heteroatoms. The maximum absolute atomic E-state index is 10.8. The number of fused-ring (bicyclic) bond motifs is 3. The maximum atomic E-state index is 10.8. The Balaban J connectivity index is 1.83. The lowest BCUT2D eigenvalue weighted by atomic mass is 9.88. The highest BCUT2D eigenvalue weighted by atomic mass is 16.3. The number of hydrogen-bond acceptors (Lipinski definition) is 3. The minimum Gasteiger partial charge on any atom is -0.494 e. The van der Waals surface area contributed by atoms with Gasteiger partial charge in [-0.3, -0.25) is 0 Å². The smallest absolute Gasteiger partial charge is 0.199 e. The molecule has 4 nitrogen and oxygen atoms in total. The Morgan fingerprint density at radius 1 is 1.04 bits per heavy atom. The highest BCUT2D eigenvalue weighted by Gasteiger charge is 2.27. The van der Waals surface area contributed by atoms with E-state index in [0.717, 1.165) is 54.6 Å². The predicted octanol–water partition coefficient (Wildman–Crippen LogP) is 4.20. The molecule has 1 aromatic heterocycles. The van der Waals surface area contributed by atoms with Gasteiger partial charge in [-0.25, -0.2) is 0 Å². The van der Waals surface area contributed by atoms with E-state index in [0.29, 0.717) is 0 Å². The van der Waals surface area contributed by atoms with E-state index in [9.17, 15) is 5.11 Å². The molecule has 3 heterocycles. The molecule has 0 unspecified atom stereocenters. The zero-order chi connectivity index (χ0) is 18.5. The Hall–Kier alpha value is -2.72. The molecule has 0 aliphatic carbocycles. The van der Waals surface area contributed by atoms with E-state index in [1.165, 1.54) is 22.3 Å². The second-order valence-corrected chi connectivity index (χ2v) is 7.81. The first-order chi connectivity index (χ1) is 13.1. The molecule has 0 fully saturated rings. The lowest BCUT2D eigenvalue weighted by molar-refractivity contribution is 0.314. The molecule has 138 valence electrons. The molecule has 2 N–H and O–H groups in total. The summed E-state index contributed by atoms with van der Waals surface area (Å²) in [5.74, 6) is 0.283. The number of likely N-dealkylation sites (N-methyl/N-ethyl adjacent to an activating group) is 1. The Morgan fingerprint density at radius 3 is 2.59 bits per heavy atom. The zero-order valence-electron chi connectivity index (χ0n) is 15.9. The van der Waals surface area contributed by atoms with E-state index in [1.807, 2.05) is 0 Å². The van der Waals surface area contributed by atoms with Crippen molar-refractivity contribution in [1.29, 1.82) is 0 Å². The molecule has 27 heavy (non-hydrogen) atoms. The Morgan fingerprint density at radius 2 is 1.85 bits per heavy atom. The van der Waals surface area contributed by atoms with Crippen LogP contribution in [0.25, 0.3) is 27.7 Å². The summed E-state index contributed by atoms with van der Waals surface area (Å²) in [6.07, 6.45) is 4.29. The van der Waals surface area contributed by atoms with Crippen LogP contribution in [-0.2, 0) is 13.0 Å². The number of nitrogens with one attached hydrogen (secondary N) is 1. The van der Waals surface area contributed by atoms with Gasteiger partial charge in [-0.05, 0) is 48.2 Å². The van der Waals surface area contributed by atoms with E-state index in [-0.39, 0.29) is 5.88 Å². The molecule has 0 saturated carbocycles. The molecule has 0 spiro atoms. The fourth-order valence-corrected chi connectivity index (χ4v) is 4.64. The van der Waals surface area contributed by atoms with E-state index in [1.54, 1.807) is 0 Å². The molecule has 0 saturated heterocycles. The first-order valence-corrected chi connectivity index (χ1v) is 9.68. The van der Waals surface area contributed by atoms with Crippen LogP contribution >= 0.6 is 0 Å². The molecular weight excluding hydrogens is 334 g/mol. The Kier molecular flexibility index (Phi) is 3.76. The van der Waals surface area contributed by atoms with E-state index >= 15 is 0 Å². The largest absolute Gasteiger partial charge is 0.494 e. The number of nitrogens with zero attached hydrogens (tertiary/aromatic N) is 2. The number of aromatic nitrogens is 1. The molecule has 0 radical (unpaired) electrons. The lowest BCUT2D eigenvalue weighted by Gasteiger charge is -2.28. The van der Waals surface area contributed by atoms with Crippen molar-refractivity contribution < 1.29 is 5.11 Å². The van der Waals surface area contributed by atoms with Crippen molar-refractivity contribution in [1.82, 2.24) is 14.8 Å². The monoisotopic (exact) mass is 359 g/mol. The van der Waals surface area contributed by atoms with Gasteiger partial charge in [0.25, 0.3) is 0 Å². The standard InChI is InChI=1S/C23H25N3O/c1-25-12-10-16-17(15-7-4-3-5-8-15)13-18-21(20-9-6-11-26(20)2)23(27)24-22(18)19(16)14-25/h3-5,7-9,13,24,27H,6,10-12,14H2,1-2H3. The van der Waals surface area contributed by atoms with Gasteiger partial charge in [0.05, 0.1) is 11.1 Å². The van der Waals surface area contributed by atoms with Gasteiger partial charge < -0.3 is 19.9 Å². The number of H-pyrrole nitrogens is 1. The van der Waals surface area contributed by atoms with E-state index < -0.39 is 0 Å². The van der Waals surface area contributed by atoms with Gasteiger partial charge in [0.15, 0.2) is 5.88 Å². The Bertz CT molecular complexity index is 1050. The minimum atomic E-state index is 0.283. The summed E-state index contributed by atoms with van der Waals surface area (Å²) >= 11 is 0. The van der Waals surface area contributed by atoms with Crippen LogP contribution in [0.15, 0.2) is 42.5 Å². The third-order valence-corrected chi connectivity index (χ3v) is 6.02. The quantitative estimate of drug-likeness (QED) is 0.720. The van der Waals surface area contributed by atoms with Gasteiger partial charge in [-0.15, -0.1) is 0 Å². The fourth-order valence-electron chi connectivity index (χ4n) is 4.64. The first-order valence-electron chi connectivity index (χ1n) is 9.68. The molecule has 2 aromatic carbocycles. The summed E-state index contributed by atoms with van der Waals surface area (Å²) in [6, 6.07) is 12.9. The Labute approximate surface area is 159 Å². The molecule has 0 atom stereocenters. The van der Waals surface area contributed by atoms with E-state index in [4.69, 9.17) is 0 Å². The summed E-state index contributed by atoms with van der Waals surface area (Å²) in [4.78, 5) is 7.90. The average Bonchev–Trinajstić information content (AvgIpc) is 3.23. The molecule has 0 bridgehead atoms. The van der Waals surface area contributed by atoms with Gasteiger partial charge in [0.2, 0.25) is 0 Å². The molecule has 3 aromatic rings. The van der Waals surface area contributed by atoms with Crippen molar-refractivity contribution in [2.24, 2.45) is 0 Å². The number of rotatable bonds is 2. The third kappa shape index (κ3) is 2.55. The molecule has 2 aliphatic rings. The van der Waals surface area contributed by atoms with Crippen molar-refractivity contribution in [3.05, 3.63) is 59.2 Å². The molecular formula is C23H25N3O. The van der Waals surface area contributed by atoms with Crippen molar-refractivity contribution >= 4 is 16.6 Å². The van der Waals surface area contributed by atoms with Gasteiger partial charge in [0.1, 0.15) is 0 Å². The van der Waals surface area contributed by atoms with Gasteiger partial charge >= 0.3 is 0 Å². The van der Waals surface area contributed by atoms with E-state index in [2.05, 4.69) is 71.4 Å². The van der Waals surface area contributed by atoms with Crippen LogP contribution in [0.1, 0.15) is 23.1 Å². The van der Waals surface area contributed by atoms with Crippen LogP contribution in [0.4, 0.5) is 0 Å². The van der Waals surface area contributed by atoms with Crippen LogP contribution in [-0.4, -0.2) is 47.1 Å². The molecule has 2 aliphatic heterocycles. The summed E-state index contributed by atoms with van der Waals surface area (Å²) in [6.45, 7) is 2.97. The number of aromatic hydroxyl groups is 1. The summed E-state index contributed by atoms with van der Waals surface area (Å²) in [7, 11) is 4.27. The lowest BCUT2D eigenvalue weighted by Crippen LogP contribution is -2.27. The van der Waals surface area contributed by atoms with Crippen molar-refractivity contribution in [2.45, 2.75) is 19.4 Å². The second kappa shape index (κ2) is 6.17. The third-order valence-electron chi connectivity index (χ3n) is 6.02. The molecule has 5 rings (SSSR count). The normalized spacial score (nSPS) is 17.4. The average molecular weight is 359 g/mol. The minimum absolute atomic E-state index is 0.283. The number of benzene rings is 2. The van der Waals surface area contributed by atoms with Gasteiger partial charge in [-0.2, -0.15) is 0 Å². The van der Waals surface area contributed by atoms with Gasteiger partial charge in [0, 0.05) is 37.8 Å². The number of aromatic amines is 1. The first kappa shape index (κ1) is 16.5. The van der Waals surface area contributed by atoms with Crippen LogP contribution in [0.2, 0.25) is 0 Å². The summed E-state index contributed by atoms with van der Waals surface area (Å²) in [5.41, 5.74) is 8.44. The van der Waals surface area contributed by atoms with Crippen molar-refractivity contribution in [2.75, 3.05) is 27.2 Å². The SMILES string of the molecule is CN1CCc2c(-c3ccccc3)cc3c(C4=CCCN4C)c(O)[nH]c3c2C1. The highest BCUT2D eigenvalue weighted by Crippen LogP contribution is 2.43. The van der Waals surface area contributed by atoms with Crippen LogP contribution < -0.4 is 0 Å². The van der Waals surface area contributed by atoms with Crippen LogP contribution in [0, 0.1) is 0 Å². The topological polar surface area (TPSA) is 42.5 Å². The summed E-state index contributed by atoms with van der Waals surface area (Å²) in [5, 5.41) is 11.9. The maximum Gasteiger partial charge on any atom is 0.199 e. The second-order valence-electron chi connectivity index (χ2n) is 7.81. The summed E-state index contributed by atoms with van der Waals surface area (Å²) < 4.78 is 0.